The smallest absolute Gasteiger partial charge is 0.238 e. The van der Waals surface area contributed by atoms with Gasteiger partial charge in [0.05, 0.1) is 25.1 Å². The minimum Gasteiger partial charge on any atom is -0.497 e. The second-order valence-electron chi connectivity index (χ2n) is 10.4. The van der Waals surface area contributed by atoms with Crippen LogP contribution in [0.5, 0.6) is 5.75 Å². The lowest BCUT2D eigenvalue weighted by Crippen LogP contribution is -2.51. The van der Waals surface area contributed by atoms with Crippen molar-refractivity contribution in [1.82, 2.24) is 0 Å². The summed E-state index contributed by atoms with van der Waals surface area (Å²) in [5.74, 6) is -0.978. The molecule has 0 unspecified atom stereocenters. The van der Waals surface area contributed by atoms with E-state index in [1.807, 2.05) is 65.6 Å². The second-order valence-corrected chi connectivity index (χ2v) is 10.4. The van der Waals surface area contributed by atoms with Gasteiger partial charge in [-0.25, -0.2) is 0 Å². The molecule has 0 aromatic heterocycles. The number of amides is 1. The minimum atomic E-state index is -1.29. The van der Waals surface area contributed by atoms with Crippen molar-refractivity contribution in [1.29, 1.82) is 0 Å². The maximum atomic E-state index is 14.5. The predicted molar refractivity (Wildman–Crippen MR) is 151 cm³/mol. The fourth-order valence-corrected chi connectivity index (χ4v) is 7.02. The SMILES string of the molecule is COc1ccc(C(=O)[C@H]2[C@H](C(C)=O)N3c4ccc5ccccc5c4C=C[C@@H]3[C@@]23C(=O)Nc2ccccc23)cc1. The Morgan fingerprint density at radius 1 is 0.923 bits per heavy atom. The van der Waals surface area contributed by atoms with Crippen LogP contribution < -0.4 is 15.0 Å². The normalized spacial score (nSPS) is 24.3. The molecule has 39 heavy (non-hydrogen) atoms. The molecule has 0 radical (unpaired) electrons. The summed E-state index contributed by atoms with van der Waals surface area (Å²) < 4.78 is 5.30. The minimum absolute atomic E-state index is 0.157. The molecule has 1 saturated heterocycles. The van der Waals surface area contributed by atoms with Crippen LogP contribution in [-0.2, 0) is 15.0 Å². The van der Waals surface area contributed by atoms with Crippen LogP contribution in [0.2, 0.25) is 0 Å². The number of methoxy groups -OCH3 is 1. The summed E-state index contributed by atoms with van der Waals surface area (Å²) in [5.41, 5.74) is 2.40. The Morgan fingerprint density at radius 2 is 1.67 bits per heavy atom. The van der Waals surface area contributed by atoms with Crippen LogP contribution in [0.1, 0.15) is 28.4 Å². The first-order valence-corrected chi connectivity index (χ1v) is 13.0. The molecule has 1 fully saturated rings. The van der Waals surface area contributed by atoms with Crippen LogP contribution in [0.4, 0.5) is 11.4 Å². The average Bonchev–Trinajstić information content (AvgIpc) is 3.45. The number of Topliss-reactive ketones (excluding diaryl/α,β-unsaturated/α-hetero) is 2. The van der Waals surface area contributed by atoms with Crippen LogP contribution in [0.3, 0.4) is 0 Å². The highest BCUT2D eigenvalue weighted by Gasteiger charge is 2.69. The van der Waals surface area contributed by atoms with Gasteiger partial charge in [-0.3, -0.25) is 14.4 Å². The Bertz CT molecular complexity index is 1720. The van der Waals surface area contributed by atoms with Crippen molar-refractivity contribution in [2.75, 3.05) is 17.3 Å². The van der Waals surface area contributed by atoms with Gasteiger partial charge in [0, 0.05) is 22.5 Å². The fourth-order valence-electron chi connectivity index (χ4n) is 7.02. The monoisotopic (exact) mass is 514 g/mol. The molecule has 3 aliphatic heterocycles. The number of fused-ring (bicyclic) bond motifs is 8. The molecule has 0 aliphatic carbocycles. The molecule has 4 aromatic rings. The molecule has 0 bridgehead atoms. The summed E-state index contributed by atoms with van der Waals surface area (Å²) in [5, 5.41) is 5.19. The molecule has 4 atom stereocenters. The number of rotatable bonds is 4. The molecular formula is C33H26N2O4. The van der Waals surface area contributed by atoms with Gasteiger partial charge in [-0.15, -0.1) is 0 Å². The van der Waals surface area contributed by atoms with E-state index in [1.54, 1.807) is 31.4 Å². The number of ether oxygens (including phenoxy) is 1. The van der Waals surface area contributed by atoms with E-state index >= 15 is 0 Å². The van der Waals surface area contributed by atoms with E-state index in [9.17, 15) is 14.4 Å². The van der Waals surface area contributed by atoms with Crippen molar-refractivity contribution in [2.24, 2.45) is 5.92 Å². The summed E-state index contributed by atoms with van der Waals surface area (Å²) in [6, 6.07) is 25.2. The first-order valence-electron chi connectivity index (χ1n) is 13.0. The zero-order chi connectivity index (χ0) is 26.9. The molecule has 3 aliphatic rings. The molecule has 3 heterocycles. The maximum absolute atomic E-state index is 14.5. The van der Waals surface area contributed by atoms with Crippen molar-refractivity contribution in [3.05, 3.63) is 108 Å². The molecule has 0 saturated carbocycles. The predicted octanol–water partition coefficient (Wildman–Crippen LogP) is 5.41. The van der Waals surface area contributed by atoms with Gasteiger partial charge in [-0.1, -0.05) is 60.7 Å². The van der Waals surface area contributed by atoms with Crippen molar-refractivity contribution in [2.45, 2.75) is 24.4 Å². The number of nitrogens with one attached hydrogen (secondary N) is 1. The number of benzene rings is 4. The van der Waals surface area contributed by atoms with E-state index in [1.165, 1.54) is 6.92 Å². The molecule has 6 heteroatoms. The Morgan fingerprint density at radius 3 is 2.44 bits per heavy atom. The van der Waals surface area contributed by atoms with E-state index < -0.39 is 23.4 Å². The van der Waals surface area contributed by atoms with Crippen LogP contribution in [-0.4, -0.2) is 36.7 Å². The first kappa shape index (κ1) is 23.4. The highest BCUT2D eigenvalue weighted by Crippen LogP contribution is 2.58. The first-order chi connectivity index (χ1) is 19.0. The van der Waals surface area contributed by atoms with Crippen molar-refractivity contribution in [3.8, 4) is 5.75 Å². The maximum Gasteiger partial charge on any atom is 0.238 e. The lowest BCUT2D eigenvalue weighted by molar-refractivity contribution is -0.122. The highest BCUT2D eigenvalue weighted by atomic mass is 16.5. The van der Waals surface area contributed by atoms with Gasteiger partial charge >= 0.3 is 0 Å². The van der Waals surface area contributed by atoms with E-state index in [4.69, 9.17) is 4.74 Å². The van der Waals surface area contributed by atoms with Gasteiger partial charge in [-0.05, 0) is 59.7 Å². The summed E-state index contributed by atoms with van der Waals surface area (Å²) in [6.07, 6.45) is 4.06. The third-order valence-electron chi connectivity index (χ3n) is 8.61. The van der Waals surface area contributed by atoms with Crippen molar-refractivity contribution < 1.29 is 19.1 Å². The standard InChI is InChI=1S/C33H26N2O4/c1-19(36)30-29(31(37)21-11-14-22(39-2)15-12-21)33(25-9-5-6-10-26(25)34-32(33)38)28-18-16-24-23-8-4-3-7-20(23)13-17-27(24)35(28)30/h3-18,28-30H,1-2H3,(H,34,38)/t28-,29-,30+,33-/m1/s1. The van der Waals surface area contributed by atoms with Crippen molar-refractivity contribution in [3.63, 3.8) is 0 Å². The number of ketones is 2. The molecule has 7 rings (SSSR count). The van der Waals surface area contributed by atoms with Gasteiger partial charge < -0.3 is 15.0 Å². The van der Waals surface area contributed by atoms with E-state index in [0.29, 0.717) is 17.0 Å². The van der Waals surface area contributed by atoms with E-state index in [0.717, 1.165) is 27.6 Å². The number of hydrogen-bond donors (Lipinski definition) is 1. The van der Waals surface area contributed by atoms with Gasteiger partial charge in [-0.2, -0.15) is 0 Å². The van der Waals surface area contributed by atoms with Gasteiger partial charge in [0.1, 0.15) is 11.2 Å². The number of para-hydroxylation sites is 1. The topological polar surface area (TPSA) is 75.7 Å². The zero-order valence-electron chi connectivity index (χ0n) is 21.5. The number of anilines is 2. The molecule has 1 spiro atoms. The van der Waals surface area contributed by atoms with E-state index in [2.05, 4.69) is 17.4 Å². The van der Waals surface area contributed by atoms with Gasteiger partial charge in [0.15, 0.2) is 11.6 Å². The lowest BCUT2D eigenvalue weighted by Gasteiger charge is -2.38. The number of hydrogen-bond acceptors (Lipinski definition) is 5. The average molecular weight is 515 g/mol. The molecule has 4 aromatic carbocycles. The summed E-state index contributed by atoms with van der Waals surface area (Å²) >= 11 is 0. The molecule has 6 nitrogen and oxygen atoms in total. The molecule has 1 N–H and O–H groups in total. The quantitative estimate of drug-likeness (QED) is 0.369. The van der Waals surface area contributed by atoms with Crippen LogP contribution in [0, 0.1) is 5.92 Å². The van der Waals surface area contributed by atoms with Crippen LogP contribution >= 0.6 is 0 Å². The zero-order valence-corrected chi connectivity index (χ0v) is 21.5. The number of carbonyl (C=O) groups excluding carboxylic acids is 3. The second kappa shape index (κ2) is 8.40. The summed E-state index contributed by atoms with van der Waals surface area (Å²) in [7, 11) is 1.57. The number of carbonyl (C=O) groups is 3. The number of nitrogens with zero attached hydrogens (tertiary/aromatic N) is 1. The fraction of sp³-hybridized carbons (Fsp3) is 0.182. The van der Waals surface area contributed by atoms with Gasteiger partial charge in [0.2, 0.25) is 5.91 Å². The highest BCUT2D eigenvalue weighted by molar-refractivity contribution is 6.17. The Labute approximate surface area is 225 Å². The summed E-state index contributed by atoms with van der Waals surface area (Å²) in [6.45, 7) is 1.52. The lowest BCUT2D eigenvalue weighted by atomic mass is 9.64. The third kappa shape index (κ3) is 3.05. The molecule has 1 amide bonds. The van der Waals surface area contributed by atoms with Crippen molar-refractivity contribution >= 4 is 45.7 Å². The summed E-state index contributed by atoms with van der Waals surface area (Å²) in [4.78, 5) is 44.4. The third-order valence-corrected chi connectivity index (χ3v) is 8.61. The van der Waals surface area contributed by atoms with E-state index in [-0.39, 0.29) is 17.5 Å². The van der Waals surface area contributed by atoms with Crippen LogP contribution in [0.25, 0.3) is 16.8 Å². The largest absolute Gasteiger partial charge is 0.497 e. The molecule has 192 valence electrons. The van der Waals surface area contributed by atoms with Gasteiger partial charge in [0.25, 0.3) is 0 Å². The Hall–Kier alpha value is -4.71. The Kier molecular flexibility index (Phi) is 5.04. The van der Waals surface area contributed by atoms with Crippen LogP contribution in [0.15, 0.2) is 91.0 Å². The Balaban J connectivity index is 1.51. The molecular weight excluding hydrogens is 488 g/mol.